The van der Waals surface area contributed by atoms with Gasteiger partial charge in [0.25, 0.3) is 0 Å². The Hall–Kier alpha value is -1.78. The summed E-state index contributed by atoms with van der Waals surface area (Å²) < 4.78 is 23.0. The average molecular weight is 384 g/mol. The molecule has 2 atom stereocenters. The SMILES string of the molecule is CN(c1nc(N)nc2c1ncn2[C@H]1CC[C@@H](COP(=O)(O)O)O1)C1CC1. The number of phosphoric ester groups is 1. The first-order valence-corrected chi connectivity index (χ1v) is 9.93. The fourth-order valence-electron chi connectivity index (χ4n) is 3.20. The van der Waals surface area contributed by atoms with Crippen LogP contribution in [0.2, 0.25) is 0 Å². The number of ether oxygens (including phenoxy) is 1. The molecule has 1 saturated heterocycles. The number of imidazole rings is 1. The molecule has 4 rings (SSSR count). The van der Waals surface area contributed by atoms with Gasteiger partial charge < -0.3 is 25.2 Å². The van der Waals surface area contributed by atoms with Gasteiger partial charge in [-0.05, 0) is 25.7 Å². The molecule has 0 radical (unpaired) electrons. The quantitative estimate of drug-likeness (QED) is 0.610. The lowest BCUT2D eigenvalue weighted by Gasteiger charge is -2.19. The number of phosphoric acid groups is 1. The van der Waals surface area contributed by atoms with Crippen LogP contribution in [0.1, 0.15) is 31.9 Å². The van der Waals surface area contributed by atoms with Crippen LogP contribution in [0.5, 0.6) is 0 Å². The molecular formula is C14H21N6O5P. The smallest absolute Gasteiger partial charge is 0.368 e. The second kappa shape index (κ2) is 6.43. The minimum atomic E-state index is -4.51. The van der Waals surface area contributed by atoms with E-state index in [1.807, 2.05) is 7.05 Å². The number of hydrogen-bond acceptors (Lipinski definition) is 8. The first kappa shape index (κ1) is 17.6. The van der Waals surface area contributed by atoms with Crippen molar-refractivity contribution < 1.29 is 23.6 Å². The molecule has 2 aliphatic rings. The van der Waals surface area contributed by atoms with Gasteiger partial charge in [-0.2, -0.15) is 9.97 Å². The average Bonchev–Trinajstić information content (AvgIpc) is 3.17. The van der Waals surface area contributed by atoms with E-state index in [1.54, 1.807) is 10.9 Å². The van der Waals surface area contributed by atoms with E-state index in [-0.39, 0.29) is 18.8 Å². The van der Waals surface area contributed by atoms with Gasteiger partial charge in [0.1, 0.15) is 6.23 Å². The maximum atomic E-state index is 10.8. The van der Waals surface area contributed by atoms with Gasteiger partial charge in [0.2, 0.25) is 5.95 Å². The minimum absolute atomic E-state index is 0.166. The first-order chi connectivity index (χ1) is 12.3. The van der Waals surface area contributed by atoms with Crippen LogP contribution in [-0.4, -0.2) is 55.1 Å². The minimum Gasteiger partial charge on any atom is -0.368 e. The van der Waals surface area contributed by atoms with Gasteiger partial charge in [-0.25, -0.2) is 9.55 Å². The number of hydrogen-bond donors (Lipinski definition) is 3. The molecule has 12 heteroatoms. The summed E-state index contributed by atoms with van der Waals surface area (Å²) in [5.74, 6) is 0.870. The Balaban J connectivity index is 1.57. The monoisotopic (exact) mass is 384 g/mol. The standard InChI is InChI=1S/C14H21N6O5P/c1-19(8-2-3-8)12-11-13(18-14(15)17-12)20(7-16-11)10-5-4-9(25-10)6-24-26(21,22)23/h7-10H,2-6H2,1H3,(H2,15,17,18)(H2,21,22,23)/t9-,10+/m0/s1. The molecule has 2 fully saturated rings. The second-order valence-electron chi connectivity index (χ2n) is 6.65. The number of nitrogens with zero attached hydrogens (tertiary/aromatic N) is 5. The highest BCUT2D eigenvalue weighted by Crippen LogP contribution is 2.39. The molecule has 142 valence electrons. The van der Waals surface area contributed by atoms with Crippen molar-refractivity contribution in [2.75, 3.05) is 24.3 Å². The summed E-state index contributed by atoms with van der Waals surface area (Å²) in [6.07, 6.45) is 4.39. The van der Waals surface area contributed by atoms with Crippen LogP contribution in [0.15, 0.2) is 6.33 Å². The predicted molar refractivity (Wildman–Crippen MR) is 92.3 cm³/mol. The number of anilines is 2. The normalized spacial score (nSPS) is 23.7. The van der Waals surface area contributed by atoms with Crippen LogP contribution in [0.4, 0.5) is 11.8 Å². The Kier molecular flexibility index (Phi) is 4.36. The molecule has 1 saturated carbocycles. The van der Waals surface area contributed by atoms with Crippen molar-refractivity contribution in [2.45, 2.75) is 44.1 Å². The van der Waals surface area contributed by atoms with Crippen molar-refractivity contribution in [3.8, 4) is 0 Å². The van der Waals surface area contributed by atoms with E-state index < -0.39 is 13.9 Å². The van der Waals surface area contributed by atoms with Crippen molar-refractivity contribution in [2.24, 2.45) is 0 Å². The van der Waals surface area contributed by atoms with E-state index in [1.165, 1.54) is 0 Å². The lowest BCUT2D eigenvalue weighted by molar-refractivity contribution is -0.0205. The Morgan fingerprint density at radius 2 is 2.15 bits per heavy atom. The molecule has 3 heterocycles. The number of nitrogens with two attached hydrogens (primary N) is 1. The highest BCUT2D eigenvalue weighted by atomic mass is 31.2. The van der Waals surface area contributed by atoms with E-state index in [9.17, 15) is 4.57 Å². The molecule has 0 unspecified atom stereocenters. The van der Waals surface area contributed by atoms with Gasteiger partial charge in [-0.15, -0.1) is 0 Å². The zero-order valence-corrected chi connectivity index (χ0v) is 15.1. The van der Waals surface area contributed by atoms with Crippen molar-refractivity contribution in [1.82, 2.24) is 19.5 Å². The van der Waals surface area contributed by atoms with E-state index >= 15 is 0 Å². The maximum Gasteiger partial charge on any atom is 0.469 e. The lowest BCUT2D eigenvalue weighted by atomic mass is 10.2. The zero-order chi connectivity index (χ0) is 18.5. The van der Waals surface area contributed by atoms with Gasteiger partial charge in [-0.3, -0.25) is 9.09 Å². The number of nitrogen functional groups attached to an aromatic ring is 1. The van der Waals surface area contributed by atoms with Gasteiger partial charge >= 0.3 is 7.82 Å². The summed E-state index contributed by atoms with van der Waals surface area (Å²) >= 11 is 0. The molecule has 2 aromatic heterocycles. The van der Waals surface area contributed by atoms with E-state index in [2.05, 4.69) is 24.4 Å². The fraction of sp³-hybridized carbons (Fsp3) is 0.643. The van der Waals surface area contributed by atoms with Crippen molar-refractivity contribution >= 4 is 30.8 Å². The highest BCUT2D eigenvalue weighted by molar-refractivity contribution is 7.46. The van der Waals surface area contributed by atoms with E-state index in [0.717, 1.165) is 12.8 Å². The summed E-state index contributed by atoms with van der Waals surface area (Å²) in [6.45, 7) is -0.166. The Morgan fingerprint density at radius 3 is 2.85 bits per heavy atom. The maximum absolute atomic E-state index is 10.8. The predicted octanol–water partition coefficient (Wildman–Crippen LogP) is 0.794. The molecule has 0 amide bonds. The topological polar surface area (TPSA) is 149 Å². The van der Waals surface area contributed by atoms with E-state index in [4.69, 9.17) is 20.3 Å². The highest BCUT2D eigenvalue weighted by Gasteiger charge is 2.32. The van der Waals surface area contributed by atoms with Crippen LogP contribution in [0, 0.1) is 0 Å². The molecule has 26 heavy (non-hydrogen) atoms. The van der Waals surface area contributed by atoms with Crippen LogP contribution in [-0.2, 0) is 13.8 Å². The Morgan fingerprint density at radius 1 is 1.38 bits per heavy atom. The van der Waals surface area contributed by atoms with E-state index in [0.29, 0.717) is 35.9 Å². The van der Waals surface area contributed by atoms with Crippen LogP contribution in [0.3, 0.4) is 0 Å². The molecule has 4 N–H and O–H groups in total. The molecule has 11 nitrogen and oxygen atoms in total. The molecular weight excluding hydrogens is 363 g/mol. The second-order valence-corrected chi connectivity index (χ2v) is 7.89. The molecule has 1 aliphatic heterocycles. The van der Waals surface area contributed by atoms with Crippen molar-refractivity contribution in [3.63, 3.8) is 0 Å². The van der Waals surface area contributed by atoms with Gasteiger partial charge in [0, 0.05) is 13.1 Å². The first-order valence-electron chi connectivity index (χ1n) is 8.40. The fourth-order valence-corrected chi connectivity index (χ4v) is 3.56. The van der Waals surface area contributed by atoms with Crippen LogP contribution >= 0.6 is 7.82 Å². The third kappa shape index (κ3) is 3.53. The summed E-state index contributed by atoms with van der Waals surface area (Å²) in [7, 11) is -2.54. The van der Waals surface area contributed by atoms with Crippen molar-refractivity contribution in [1.29, 1.82) is 0 Å². The number of fused-ring (bicyclic) bond motifs is 1. The summed E-state index contributed by atoms with van der Waals surface area (Å²) in [5, 5.41) is 0. The third-order valence-corrected chi connectivity index (χ3v) is 5.16. The van der Waals surface area contributed by atoms with Gasteiger partial charge in [0.15, 0.2) is 17.0 Å². The Labute approximate surface area is 149 Å². The summed E-state index contributed by atoms with van der Waals surface area (Å²) in [4.78, 5) is 32.8. The van der Waals surface area contributed by atoms with Crippen LogP contribution in [0.25, 0.3) is 11.2 Å². The molecule has 0 spiro atoms. The third-order valence-electron chi connectivity index (χ3n) is 4.67. The summed E-state index contributed by atoms with van der Waals surface area (Å²) in [6, 6.07) is 0.453. The summed E-state index contributed by atoms with van der Waals surface area (Å²) in [5.41, 5.74) is 7.14. The Bertz CT molecular complexity index is 865. The van der Waals surface area contributed by atoms with Gasteiger partial charge in [0.05, 0.1) is 19.0 Å². The molecule has 2 aromatic rings. The number of rotatable bonds is 6. The molecule has 0 aromatic carbocycles. The van der Waals surface area contributed by atoms with Crippen molar-refractivity contribution in [3.05, 3.63) is 6.33 Å². The van der Waals surface area contributed by atoms with Crippen LogP contribution < -0.4 is 10.6 Å². The molecule has 0 bridgehead atoms. The lowest BCUT2D eigenvalue weighted by Crippen LogP contribution is -2.22. The number of aromatic nitrogens is 4. The van der Waals surface area contributed by atoms with Gasteiger partial charge in [-0.1, -0.05) is 0 Å². The largest absolute Gasteiger partial charge is 0.469 e. The zero-order valence-electron chi connectivity index (χ0n) is 14.2. The molecule has 1 aliphatic carbocycles.